The van der Waals surface area contributed by atoms with Crippen molar-refractivity contribution in [2.75, 3.05) is 0 Å². The van der Waals surface area contributed by atoms with E-state index in [1.54, 1.807) is 0 Å². The van der Waals surface area contributed by atoms with Crippen LogP contribution in [-0.4, -0.2) is 33.1 Å². The summed E-state index contributed by atoms with van der Waals surface area (Å²) in [6, 6.07) is 0.304. The zero-order valence-electron chi connectivity index (χ0n) is 11.2. The maximum atomic E-state index is 12.6. The Morgan fingerprint density at radius 3 is 2.75 bits per heavy atom. The lowest BCUT2D eigenvalue weighted by Crippen LogP contribution is -2.39. The molecule has 0 aromatic rings. The minimum absolute atomic E-state index is 0.304. The molecule has 0 radical (unpaired) electrons. The Hall–Kier alpha value is -0.720. The van der Waals surface area contributed by atoms with E-state index >= 15 is 0 Å². The lowest BCUT2D eigenvalue weighted by molar-refractivity contribution is -0.426. The highest BCUT2D eigenvalue weighted by molar-refractivity contribution is 7.96. The molecule has 7 heteroatoms. The third kappa shape index (κ3) is 2.69. The van der Waals surface area contributed by atoms with Gasteiger partial charge in [-0.15, -0.1) is 0 Å². The lowest BCUT2D eigenvalue weighted by atomic mass is 9.96. The molecule has 0 aromatic heterocycles. The number of rotatable bonds is 3. The van der Waals surface area contributed by atoms with E-state index in [-0.39, 0.29) is 0 Å². The van der Waals surface area contributed by atoms with Crippen LogP contribution in [0.1, 0.15) is 39.0 Å². The van der Waals surface area contributed by atoms with Crippen LogP contribution in [0.3, 0.4) is 0 Å². The number of Topliss-reactive ketones (excluding diaryl/α,β-unsaturated/α-hetero) is 1. The van der Waals surface area contributed by atoms with Gasteiger partial charge >= 0.3 is 6.18 Å². The fraction of sp³-hybridized carbons (Fsp3) is 0.846. The first-order valence-corrected chi connectivity index (χ1v) is 7.73. The van der Waals surface area contributed by atoms with Crippen LogP contribution in [0.4, 0.5) is 13.2 Å². The summed E-state index contributed by atoms with van der Waals surface area (Å²) in [7, 11) is 0. The first-order valence-electron chi connectivity index (χ1n) is 6.96. The average Bonchev–Trinajstić information content (AvgIpc) is 2.92. The Bertz CT molecular complexity index is 465. The molecule has 20 heavy (non-hydrogen) atoms. The first-order chi connectivity index (χ1) is 9.25. The van der Waals surface area contributed by atoms with E-state index < -0.39 is 23.1 Å². The van der Waals surface area contributed by atoms with Gasteiger partial charge in [0, 0.05) is 0 Å². The normalized spacial score (nSPS) is 40.3. The standard InChI is InChI=1S/C13H17F3N2OS/c1-12(7-13(14,15)16)11(19)6-18(20-12)17-10-5-8-2-3-9(10)4-8/h6,8-10H,2-5,7H2,1H3/p+1/t8-,9+,10+,12?/m0/s1. The van der Waals surface area contributed by atoms with Crippen LogP contribution in [-0.2, 0) is 4.79 Å². The lowest BCUT2D eigenvalue weighted by Gasteiger charge is -2.21. The highest BCUT2D eigenvalue weighted by Gasteiger charge is 2.54. The quantitative estimate of drug-likeness (QED) is 0.643. The van der Waals surface area contributed by atoms with Crippen molar-refractivity contribution in [3.05, 3.63) is 0 Å². The molecular weight excluding hydrogens is 289 g/mol. The van der Waals surface area contributed by atoms with E-state index in [1.807, 2.05) is 0 Å². The Morgan fingerprint density at radius 2 is 2.20 bits per heavy atom. The van der Waals surface area contributed by atoms with Gasteiger partial charge < -0.3 is 0 Å². The van der Waals surface area contributed by atoms with E-state index in [1.165, 1.54) is 36.5 Å². The zero-order chi connectivity index (χ0) is 14.5. The van der Waals surface area contributed by atoms with Gasteiger partial charge in [-0.05, 0) is 42.1 Å². The maximum absolute atomic E-state index is 12.6. The van der Waals surface area contributed by atoms with Crippen molar-refractivity contribution < 1.29 is 22.1 Å². The minimum atomic E-state index is -4.33. The number of alkyl halides is 3. The molecular formula is C13H18F3N2OS+. The average molecular weight is 307 g/mol. The van der Waals surface area contributed by atoms with Gasteiger partial charge in [-0.25, -0.2) is 0 Å². The number of nitrogens with one attached hydrogen (secondary N) is 1. The highest BCUT2D eigenvalue weighted by atomic mass is 32.2. The molecule has 3 rings (SSSR count). The molecule has 1 heterocycles. The molecule has 0 aromatic carbocycles. The number of nitrogens with zero attached hydrogens (tertiary/aromatic N) is 1. The third-order valence-corrected chi connectivity index (χ3v) is 5.78. The van der Waals surface area contributed by atoms with Crippen molar-refractivity contribution in [2.24, 2.45) is 11.8 Å². The van der Waals surface area contributed by atoms with Gasteiger partial charge in [0.05, 0.1) is 12.5 Å². The first kappa shape index (κ1) is 14.2. The Labute approximate surface area is 120 Å². The predicted octanol–water partition coefficient (Wildman–Crippen LogP) is 2.70. The zero-order valence-corrected chi connectivity index (χ0v) is 12.1. The molecule has 112 valence electrons. The number of fused-ring (bicyclic) bond motifs is 2. The topological polar surface area (TPSA) is 32.1 Å². The second-order valence-corrected chi connectivity index (χ2v) is 7.82. The second-order valence-electron chi connectivity index (χ2n) is 6.34. The molecule has 1 N–H and O–H groups in total. The fourth-order valence-electron chi connectivity index (χ4n) is 3.66. The number of hydrogen-bond donors (Lipinski definition) is 1. The van der Waals surface area contributed by atoms with E-state index in [2.05, 4.69) is 5.43 Å². The van der Waals surface area contributed by atoms with E-state index in [0.29, 0.717) is 12.0 Å². The number of carbonyl (C=O) groups is 1. The summed E-state index contributed by atoms with van der Waals surface area (Å²) in [6.07, 6.45) is 0.605. The van der Waals surface area contributed by atoms with E-state index in [0.717, 1.165) is 24.3 Å². The van der Waals surface area contributed by atoms with Crippen molar-refractivity contribution in [1.82, 2.24) is 5.43 Å². The van der Waals surface area contributed by atoms with Gasteiger partial charge in [-0.3, -0.25) is 4.79 Å². The molecule has 1 unspecified atom stereocenters. The number of hydrazone groups is 1. The molecule has 2 saturated carbocycles. The van der Waals surface area contributed by atoms with Crippen molar-refractivity contribution in [2.45, 2.75) is 56.0 Å². The molecule has 0 spiro atoms. The van der Waals surface area contributed by atoms with Gasteiger partial charge in [0.1, 0.15) is 0 Å². The summed E-state index contributed by atoms with van der Waals surface area (Å²) in [5.74, 6) is 0.899. The molecule has 1 aliphatic heterocycles. The maximum Gasteiger partial charge on any atom is 0.391 e. The largest absolute Gasteiger partial charge is 0.391 e. The van der Waals surface area contributed by atoms with Gasteiger partial charge in [-0.1, -0.05) is 6.42 Å². The van der Waals surface area contributed by atoms with Crippen LogP contribution >= 0.6 is 11.9 Å². The molecule has 2 fully saturated rings. The molecule has 4 atom stereocenters. The predicted molar refractivity (Wildman–Crippen MR) is 70.4 cm³/mol. The summed E-state index contributed by atoms with van der Waals surface area (Å²) < 4.78 is 37.8. The Kier molecular flexibility index (Phi) is 3.30. The SMILES string of the molecule is CC1(CC(F)(F)F)S[N+](N[C@@H]2C[C@H]3CC[C@@H]2C3)=CC1=O. The number of halogens is 3. The van der Waals surface area contributed by atoms with Crippen LogP contribution in [0, 0.1) is 11.8 Å². The molecule has 0 amide bonds. The van der Waals surface area contributed by atoms with Crippen LogP contribution in [0.5, 0.6) is 0 Å². The van der Waals surface area contributed by atoms with Crippen molar-refractivity contribution in [3.63, 3.8) is 0 Å². The van der Waals surface area contributed by atoms with Crippen molar-refractivity contribution in [1.29, 1.82) is 0 Å². The van der Waals surface area contributed by atoms with Crippen LogP contribution in [0.25, 0.3) is 0 Å². The van der Waals surface area contributed by atoms with Gasteiger partial charge in [-0.2, -0.15) is 18.6 Å². The summed E-state index contributed by atoms with van der Waals surface area (Å²) in [4.78, 5) is 11.9. The van der Waals surface area contributed by atoms with Gasteiger partial charge in [0.25, 0.3) is 6.21 Å². The molecule has 3 nitrogen and oxygen atoms in total. The monoisotopic (exact) mass is 307 g/mol. The van der Waals surface area contributed by atoms with E-state index in [4.69, 9.17) is 0 Å². The molecule has 3 aliphatic rings. The highest BCUT2D eigenvalue weighted by Crippen LogP contribution is 2.45. The summed E-state index contributed by atoms with van der Waals surface area (Å²) in [5, 5.41) is 0. The number of hydrazine groups is 1. The summed E-state index contributed by atoms with van der Waals surface area (Å²) in [6.45, 7) is 1.37. The van der Waals surface area contributed by atoms with Crippen molar-refractivity contribution in [3.8, 4) is 0 Å². The van der Waals surface area contributed by atoms with E-state index in [9.17, 15) is 18.0 Å². The third-order valence-electron chi connectivity index (χ3n) is 4.62. The molecule has 2 bridgehead atoms. The van der Waals surface area contributed by atoms with Gasteiger partial charge in [0.2, 0.25) is 17.7 Å². The second kappa shape index (κ2) is 4.64. The fourth-order valence-corrected chi connectivity index (χ4v) is 4.80. The van der Waals surface area contributed by atoms with Crippen LogP contribution < -0.4 is 5.43 Å². The minimum Gasteiger partial charge on any atom is -0.286 e. The van der Waals surface area contributed by atoms with Gasteiger partial charge in [0.15, 0.2) is 4.75 Å². The van der Waals surface area contributed by atoms with Crippen LogP contribution in [0.2, 0.25) is 0 Å². The summed E-state index contributed by atoms with van der Waals surface area (Å²) in [5.41, 5.74) is 3.23. The Balaban J connectivity index is 1.63. The Morgan fingerprint density at radius 1 is 1.45 bits per heavy atom. The van der Waals surface area contributed by atoms with Crippen LogP contribution in [0.15, 0.2) is 0 Å². The smallest absolute Gasteiger partial charge is 0.286 e. The number of carbonyl (C=O) groups excluding carboxylic acids is 1. The molecule has 0 saturated heterocycles. The number of ketones is 1. The summed E-state index contributed by atoms with van der Waals surface area (Å²) >= 11 is 0.959. The number of hydrogen-bond acceptors (Lipinski definition) is 3. The molecule has 2 aliphatic carbocycles. The van der Waals surface area contributed by atoms with Crippen molar-refractivity contribution >= 4 is 23.9 Å².